The van der Waals surface area contributed by atoms with Gasteiger partial charge in [-0.2, -0.15) is 5.10 Å². The molecule has 130 valence electrons. The largest absolute Gasteiger partial charge is 0.331 e. The lowest BCUT2D eigenvalue weighted by Crippen LogP contribution is -2.30. The first-order chi connectivity index (χ1) is 12.0. The molecule has 0 unspecified atom stereocenters. The standard InChI is InChI=1S/C19H22N4O2/c1-13(24)22-9-7-14-10-15(5-6-18(14)22)19(25)23-8-3-4-17(23)16-11-20-21(2)12-16/h5-6,10-12,17H,3-4,7-9H2,1-2H3/t17-/m1/s1. The Morgan fingerprint density at radius 1 is 1.24 bits per heavy atom. The number of hydrogen-bond donors (Lipinski definition) is 0. The van der Waals surface area contributed by atoms with Crippen molar-refractivity contribution in [1.82, 2.24) is 14.7 Å². The zero-order valence-electron chi connectivity index (χ0n) is 14.6. The van der Waals surface area contributed by atoms with Crippen molar-refractivity contribution in [1.29, 1.82) is 0 Å². The van der Waals surface area contributed by atoms with E-state index in [1.165, 1.54) is 0 Å². The van der Waals surface area contributed by atoms with Crippen LogP contribution in [0.25, 0.3) is 0 Å². The van der Waals surface area contributed by atoms with Gasteiger partial charge in [0.05, 0.1) is 12.2 Å². The summed E-state index contributed by atoms with van der Waals surface area (Å²) in [7, 11) is 1.89. The first kappa shape index (κ1) is 15.9. The summed E-state index contributed by atoms with van der Waals surface area (Å²) in [4.78, 5) is 28.5. The number of amides is 2. The van der Waals surface area contributed by atoms with E-state index in [9.17, 15) is 9.59 Å². The molecule has 0 N–H and O–H groups in total. The van der Waals surface area contributed by atoms with Crippen molar-refractivity contribution in [3.05, 3.63) is 47.3 Å². The molecule has 2 amide bonds. The Labute approximate surface area is 147 Å². The minimum absolute atomic E-state index is 0.0500. The normalized spacial score (nSPS) is 19.4. The predicted octanol–water partition coefficient (Wildman–Crippen LogP) is 2.31. The highest BCUT2D eigenvalue weighted by Gasteiger charge is 2.32. The third-order valence-electron chi connectivity index (χ3n) is 5.23. The van der Waals surface area contributed by atoms with E-state index in [1.54, 1.807) is 16.5 Å². The number of anilines is 1. The van der Waals surface area contributed by atoms with Crippen molar-refractivity contribution in [3.63, 3.8) is 0 Å². The summed E-state index contributed by atoms with van der Waals surface area (Å²) in [6.07, 6.45) is 6.63. The van der Waals surface area contributed by atoms with Gasteiger partial charge >= 0.3 is 0 Å². The molecular weight excluding hydrogens is 316 g/mol. The maximum atomic E-state index is 13.1. The lowest BCUT2D eigenvalue weighted by molar-refractivity contribution is -0.116. The molecule has 0 aliphatic carbocycles. The van der Waals surface area contributed by atoms with E-state index < -0.39 is 0 Å². The van der Waals surface area contributed by atoms with E-state index in [0.717, 1.165) is 42.6 Å². The van der Waals surface area contributed by atoms with E-state index in [4.69, 9.17) is 0 Å². The van der Waals surface area contributed by atoms with Crippen LogP contribution in [0.15, 0.2) is 30.6 Å². The van der Waals surface area contributed by atoms with Gasteiger partial charge in [-0.05, 0) is 43.0 Å². The molecule has 2 aliphatic rings. The van der Waals surface area contributed by atoms with Gasteiger partial charge in [-0.25, -0.2) is 0 Å². The molecular formula is C19H22N4O2. The number of aryl methyl sites for hydroxylation is 1. The van der Waals surface area contributed by atoms with Gasteiger partial charge in [0.15, 0.2) is 0 Å². The van der Waals surface area contributed by atoms with Crippen LogP contribution >= 0.6 is 0 Å². The summed E-state index contributed by atoms with van der Waals surface area (Å²) in [5.41, 5.74) is 3.82. The number of carbonyl (C=O) groups is 2. The number of carbonyl (C=O) groups excluding carboxylic acids is 2. The van der Waals surface area contributed by atoms with Crippen LogP contribution in [0.2, 0.25) is 0 Å². The lowest BCUT2D eigenvalue weighted by atomic mass is 10.1. The van der Waals surface area contributed by atoms with Gasteiger partial charge in [0.1, 0.15) is 0 Å². The van der Waals surface area contributed by atoms with Crippen molar-refractivity contribution >= 4 is 17.5 Å². The fourth-order valence-corrected chi connectivity index (χ4v) is 4.00. The van der Waals surface area contributed by atoms with Crippen molar-refractivity contribution in [2.24, 2.45) is 7.05 Å². The van der Waals surface area contributed by atoms with Crippen LogP contribution in [0.3, 0.4) is 0 Å². The number of rotatable bonds is 2. The zero-order valence-corrected chi connectivity index (χ0v) is 14.6. The number of hydrogen-bond acceptors (Lipinski definition) is 3. The zero-order chi connectivity index (χ0) is 17.6. The molecule has 0 radical (unpaired) electrons. The highest BCUT2D eigenvalue weighted by Crippen LogP contribution is 2.34. The third kappa shape index (κ3) is 2.71. The molecule has 25 heavy (non-hydrogen) atoms. The maximum absolute atomic E-state index is 13.1. The Bertz CT molecular complexity index is 842. The first-order valence-corrected chi connectivity index (χ1v) is 8.75. The van der Waals surface area contributed by atoms with Crippen LogP contribution in [-0.2, 0) is 18.3 Å². The van der Waals surface area contributed by atoms with E-state index in [1.807, 2.05) is 42.5 Å². The molecule has 0 saturated carbocycles. The number of benzene rings is 1. The molecule has 2 aliphatic heterocycles. The summed E-state index contributed by atoms with van der Waals surface area (Å²) in [6.45, 7) is 3.05. The highest BCUT2D eigenvalue weighted by molar-refractivity contribution is 5.98. The Morgan fingerprint density at radius 2 is 2.08 bits per heavy atom. The second-order valence-electron chi connectivity index (χ2n) is 6.87. The van der Waals surface area contributed by atoms with Gasteiger partial charge in [0.25, 0.3) is 5.91 Å². The van der Waals surface area contributed by atoms with Crippen LogP contribution in [-0.4, -0.2) is 39.6 Å². The fraction of sp³-hybridized carbons (Fsp3) is 0.421. The molecule has 1 aromatic carbocycles. The second-order valence-corrected chi connectivity index (χ2v) is 6.87. The van der Waals surface area contributed by atoms with Gasteiger partial charge in [0, 0.05) is 50.1 Å². The molecule has 0 bridgehead atoms. The Balaban J connectivity index is 1.60. The first-order valence-electron chi connectivity index (χ1n) is 8.75. The molecule has 2 aromatic rings. The summed E-state index contributed by atoms with van der Waals surface area (Å²) < 4.78 is 1.78. The summed E-state index contributed by atoms with van der Waals surface area (Å²) >= 11 is 0. The quantitative estimate of drug-likeness (QED) is 0.844. The summed E-state index contributed by atoms with van der Waals surface area (Å²) in [5.74, 6) is 0.115. The Morgan fingerprint density at radius 3 is 2.80 bits per heavy atom. The monoisotopic (exact) mass is 338 g/mol. The van der Waals surface area contributed by atoms with Crippen LogP contribution in [0.1, 0.15) is 47.3 Å². The van der Waals surface area contributed by atoms with Crippen molar-refractivity contribution in [3.8, 4) is 0 Å². The fourth-order valence-electron chi connectivity index (χ4n) is 4.00. The lowest BCUT2D eigenvalue weighted by Gasteiger charge is -2.24. The molecule has 1 fully saturated rings. The molecule has 1 saturated heterocycles. The van der Waals surface area contributed by atoms with Crippen molar-refractivity contribution in [2.45, 2.75) is 32.2 Å². The molecule has 1 aromatic heterocycles. The number of fused-ring (bicyclic) bond motifs is 1. The van der Waals surface area contributed by atoms with Gasteiger partial charge in [-0.15, -0.1) is 0 Å². The third-order valence-corrected chi connectivity index (χ3v) is 5.23. The SMILES string of the molecule is CC(=O)N1CCc2cc(C(=O)N3CCC[C@@H]3c3cnn(C)c3)ccc21. The minimum atomic E-state index is 0.0500. The van der Waals surface area contributed by atoms with Crippen LogP contribution in [0.5, 0.6) is 0 Å². The van der Waals surface area contributed by atoms with Crippen LogP contribution in [0, 0.1) is 0 Å². The van der Waals surface area contributed by atoms with Gasteiger partial charge in [-0.3, -0.25) is 14.3 Å². The molecule has 3 heterocycles. The second kappa shape index (κ2) is 6.02. The molecule has 0 spiro atoms. The molecule has 4 rings (SSSR count). The van der Waals surface area contributed by atoms with Crippen LogP contribution in [0.4, 0.5) is 5.69 Å². The molecule has 6 heteroatoms. The Hall–Kier alpha value is -2.63. The van der Waals surface area contributed by atoms with E-state index in [2.05, 4.69) is 5.10 Å². The van der Waals surface area contributed by atoms with Gasteiger partial charge < -0.3 is 9.80 Å². The predicted molar refractivity (Wildman–Crippen MR) is 94.4 cm³/mol. The highest BCUT2D eigenvalue weighted by atomic mass is 16.2. The average molecular weight is 338 g/mol. The smallest absolute Gasteiger partial charge is 0.254 e. The van der Waals surface area contributed by atoms with Crippen LogP contribution < -0.4 is 4.90 Å². The number of nitrogens with zero attached hydrogens (tertiary/aromatic N) is 4. The molecule has 6 nitrogen and oxygen atoms in total. The topological polar surface area (TPSA) is 58.4 Å². The minimum Gasteiger partial charge on any atom is -0.331 e. The summed E-state index contributed by atoms with van der Waals surface area (Å²) in [5, 5.41) is 4.24. The van der Waals surface area contributed by atoms with E-state index >= 15 is 0 Å². The van der Waals surface area contributed by atoms with E-state index in [-0.39, 0.29) is 17.9 Å². The van der Waals surface area contributed by atoms with Gasteiger partial charge in [0.2, 0.25) is 5.91 Å². The summed E-state index contributed by atoms with van der Waals surface area (Å²) in [6, 6.07) is 5.81. The van der Waals surface area contributed by atoms with Gasteiger partial charge in [-0.1, -0.05) is 0 Å². The number of likely N-dealkylation sites (tertiary alicyclic amines) is 1. The number of aromatic nitrogens is 2. The van der Waals surface area contributed by atoms with Crippen molar-refractivity contribution < 1.29 is 9.59 Å². The maximum Gasteiger partial charge on any atom is 0.254 e. The van der Waals surface area contributed by atoms with E-state index in [0.29, 0.717) is 12.1 Å². The Kier molecular flexibility index (Phi) is 3.82. The molecule has 1 atom stereocenters. The average Bonchev–Trinajstić information content (AvgIpc) is 3.31. The van der Waals surface area contributed by atoms with Crippen molar-refractivity contribution in [2.75, 3.05) is 18.0 Å².